The number of nitrogens with one attached hydrogen (secondary N) is 3. The Hall–Kier alpha value is -5.19. The fourth-order valence-corrected chi connectivity index (χ4v) is 4.18. The van der Waals surface area contributed by atoms with Gasteiger partial charge < -0.3 is 25.8 Å². The molecule has 2 heterocycles. The first-order valence-corrected chi connectivity index (χ1v) is 13.7. The Kier molecular flexibility index (Phi) is 10.6. The first-order valence-electron chi connectivity index (χ1n) is 13.7. The zero-order valence-electron chi connectivity index (χ0n) is 23.3. The Balaban J connectivity index is 1.37. The number of benzene rings is 2. The average molecular weight is 571 g/mol. The van der Waals surface area contributed by atoms with Gasteiger partial charge in [0.1, 0.15) is 24.3 Å². The highest BCUT2D eigenvalue weighted by Gasteiger charge is 2.23. The van der Waals surface area contributed by atoms with E-state index in [-0.39, 0.29) is 13.2 Å². The van der Waals surface area contributed by atoms with Crippen molar-refractivity contribution in [3.05, 3.63) is 118 Å². The van der Waals surface area contributed by atoms with Gasteiger partial charge in [-0.3, -0.25) is 4.57 Å². The van der Waals surface area contributed by atoms with Gasteiger partial charge in [0.2, 0.25) is 0 Å². The van der Waals surface area contributed by atoms with E-state index in [0.29, 0.717) is 25.3 Å². The average Bonchev–Trinajstić information content (AvgIpc) is 3.01. The van der Waals surface area contributed by atoms with Crippen molar-refractivity contribution < 1.29 is 19.4 Å². The molecule has 0 radical (unpaired) electrons. The lowest BCUT2D eigenvalue weighted by Crippen LogP contribution is -2.45. The van der Waals surface area contributed by atoms with Crippen LogP contribution in [0.4, 0.5) is 16.4 Å². The minimum absolute atomic E-state index is 0.00762. The number of aromatic nitrogens is 3. The molecule has 0 spiro atoms. The Morgan fingerprint density at radius 2 is 1.62 bits per heavy atom. The maximum absolute atomic E-state index is 12.9. The number of alkyl carbamates (subject to hydrolysis) is 1. The van der Waals surface area contributed by atoms with Crippen molar-refractivity contribution in [3.63, 3.8) is 0 Å². The number of hydrogen-bond acceptors (Lipinski definition) is 8. The largest absolute Gasteiger partial charge is 0.480 e. The molecule has 0 fully saturated rings. The standard InChI is InChI=1S/C31H34N6O5/c1-2-8-25-19-37(20-26(29(38)39)35-31(41)42-21-24-9-4-3-5-10-24)30(40)36-28(25)34-18-23-14-12-22(13-15-23)17-33-27-11-6-7-16-32-27/h3-7,9-16,19,26H,2,8,17-18,20-21H2,1H3,(H,32,33)(H,35,41)(H,38,39)(H,34,36,40)/t26-/m0/s1. The molecule has 2 aromatic carbocycles. The Morgan fingerprint density at radius 1 is 0.929 bits per heavy atom. The van der Waals surface area contributed by atoms with Crippen molar-refractivity contribution in [1.82, 2.24) is 19.9 Å². The molecule has 11 nitrogen and oxygen atoms in total. The van der Waals surface area contributed by atoms with Gasteiger partial charge in [-0.05, 0) is 35.2 Å². The quantitative estimate of drug-likeness (QED) is 0.175. The molecule has 0 saturated carbocycles. The predicted molar refractivity (Wildman–Crippen MR) is 159 cm³/mol. The Labute approximate surface area is 243 Å². The second-order valence-electron chi connectivity index (χ2n) is 9.64. The maximum atomic E-state index is 12.9. The van der Waals surface area contributed by atoms with Crippen molar-refractivity contribution in [2.75, 3.05) is 10.6 Å². The van der Waals surface area contributed by atoms with Crippen molar-refractivity contribution >= 4 is 23.7 Å². The highest BCUT2D eigenvalue weighted by atomic mass is 16.5. The number of rotatable bonds is 14. The summed E-state index contributed by atoms with van der Waals surface area (Å²) in [5.41, 5.74) is 3.01. The zero-order chi connectivity index (χ0) is 29.7. The summed E-state index contributed by atoms with van der Waals surface area (Å²) in [5.74, 6) is -0.0430. The van der Waals surface area contributed by atoms with Crippen LogP contribution in [0.15, 0.2) is 90.0 Å². The van der Waals surface area contributed by atoms with Crippen molar-refractivity contribution in [3.8, 4) is 0 Å². The van der Waals surface area contributed by atoms with E-state index in [1.54, 1.807) is 24.5 Å². The van der Waals surface area contributed by atoms with E-state index in [0.717, 1.165) is 34.5 Å². The number of carbonyl (C=O) groups is 2. The third-order valence-electron chi connectivity index (χ3n) is 6.39. The van der Waals surface area contributed by atoms with Crippen molar-refractivity contribution in [2.45, 2.75) is 52.0 Å². The number of pyridine rings is 1. The van der Waals surface area contributed by atoms with Gasteiger partial charge in [-0.1, -0.05) is 74.0 Å². The van der Waals surface area contributed by atoms with E-state index >= 15 is 0 Å². The van der Waals surface area contributed by atoms with Crippen LogP contribution in [-0.4, -0.2) is 37.7 Å². The minimum atomic E-state index is -1.38. The van der Waals surface area contributed by atoms with Crippen LogP contribution in [0.25, 0.3) is 0 Å². The summed E-state index contributed by atoms with van der Waals surface area (Å²) in [4.78, 5) is 45.4. The van der Waals surface area contributed by atoms with E-state index in [2.05, 4.69) is 25.9 Å². The molecule has 1 amide bonds. The SMILES string of the molecule is CCCc1cn(C[C@H](NC(=O)OCc2ccccc2)C(=O)O)c(=O)nc1NCc1ccc(CNc2ccccn2)cc1. The zero-order valence-corrected chi connectivity index (χ0v) is 23.3. The van der Waals surface area contributed by atoms with Gasteiger partial charge in [-0.25, -0.2) is 19.4 Å². The van der Waals surface area contributed by atoms with Crippen LogP contribution in [0.2, 0.25) is 0 Å². The lowest BCUT2D eigenvalue weighted by Gasteiger charge is -2.18. The molecule has 218 valence electrons. The number of carboxylic acid groups (broad SMARTS) is 1. The number of carbonyl (C=O) groups excluding carboxylic acids is 1. The number of anilines is 2. The summed E-state index contributed by atoms with van der Waals surface area (Å²) in [6.45, 7) is 2.79. The van der Waals surface area contributed by atoms with Gasteiger partial charge in [-0.2, -0.15) is 4.98 Å². The van der Waals surface area contributed by atoms with Gasteiger partial charge in [-0.15, -0.1) is 0 Å². The molecule has 42 heavy (non-hydrogen) atoms. The minimum Gasteiger partial charge on any atom is -0.480 e. The van der Waals surface area contributed by atoms with E-state index in [4.69, 9.17) is 4.74 Å². The predicted octanol–water partition coefficient (Wildman–Crippen LogP) is 4.19. The van der Waals surface area contributed by atoms with Gasteiger partial charge in [0.05, 0.1) is 6.54 Å². The van der Waals surface area contributed by atoms with Crippen LogP contribution < -0.4 is 21.6 Å². The fraction of sp³-hybridized carbons (Fsp3) is 0.258. The number of aryl methyl sites for hydroxylation is 1. The summed E-state index contributed by atoms with van der Waals surface area (Å²) >= 11 is 0. The molecule has 2 aromatic heterocycles. The molecule has 4 rings (SSSR count). The molecule has 4 N–H and O–H groups in total. The van der Waals surface area contributed by atoms with E-state index in [9.17, 15) is 19.5 Å². The third-order valence-corrected chi connectivity index (χ3v) is 6.39. The first kappa shape index (κ1) is 29.8. The molecule has 11 heteroatoms. The topological polar surface area (TPSA) is 147 Å². The van der Waals surface area contributed by atoms with Gasteiger partial charge in [0.25, 0.3) is 0 Å². The molecule has 0 aliphatic carbocycles. The Bertz CT molecular complexity index is 1510. The van der Waals surface area contributed by atoms with E-state index in [1.807, 2.05) is 67.6 Å². The smallest absolute Gasteiger partial charge is 0.408 e. The molecule has 0 bridgehead atoms. The van der Waals surface area contributed by atoms with Crippen LogP contribution in [0.3, 0.4) is 0 Å². The summed E-state index contributed by atoms with van der Waals surface area (Å²) in [7, 11) is 0. The molecular weight excluding hydrogens is 536 g/mol. The molecule has 0 saturated heterocycles. The molecule has 0 aliphatic rings. The van der Waals surface area contributed by atoms with Crippen LogP contribution >= 0.6 is 0 Å². The number of hydrogen-bond donors (Lipinski definition) is 4. The van der Waals surface area contributed by atoms with E-state index in [1.165, 1.54) is 4.57 Å². The van der Waals surface area contributed by atoms with E-state index < -0.39 is 23.8 Å². The monoisotopic (exact) mass is 570 g/mol. The number of aliphatic carboxylic acids is 1. The van der Waals surface area contributed by atoms with Gasteiger partial charge in [0, 0.05) is 31.0 Å². The number of amides is 1. The lowest BCUT2D eigenvalue weighted by atomic mass is 10.1. The molecule has 1 atom stereocenters. The van der Waals surface area contributed by atoms with Crippen LogP contribution in [-0.2, 0) is 42.2 Å². The molecule has 0 aliphatic heterocycles. The van der Waals surface area contributed by atoms with Crippen molar-refractivity contribution in [1.29, 1.82) is 0 Å². The van der Waals surface area contributed by atoms with Gasteiger partial charge >= 0.3 is 17.8 Å². The summed E-state index contributed by atoms with van der Waals surface area (Å²) in [6, 6.07) is 21.4. The van der Waals surface area contributed by atoms with Crippen LogP contribution in [0, 0.1) is 0 Å². The van der Waals surface area contributed by atoms with Gasteiger partial charge in [0.15, 0.2) is 0 Å². The fourth-order valence-electron chi connectivity index (χ4n) is 4.18. The first-order chi connectivity index (χ1) is 20.4. The second-order valence-corrected chi connectivity index (χ2v) is 9.64. The highest BCUT2D eigenvalue weighted by Crippen LogP contribution is 2.15. The number of carboxylic acids is 1. The molecular formula is C31H34N6O5. The molecule has 0 unspecified atom stereocenters. The van der Waals surface area contributed by atoms with Crippen LogP contribution in [0.1, 0.15) is 35.6 Å². The summed E-state index contributed by atoms with van der Waals surface area (Å²) < 4.78 is 6.34. The summed E-state index contributed by atoms with van der Waals surface area (Å²) in [6.07, 6.45) is 3.86. The normalized spacial score (nSPS) is 11.4. The lowest BCUT2D eigenvalue weighted by molar-refractivity contribution is -0.139. The second kappa shape index (κ2) is 15.0. The number of nitrogens with zero attached hydrogens (tertiary/aromatic N) is 3. The maximum Gasteiger partial charge on any atom is 0.408 e. The van der Waals surface area contributed by atoms with Crippen molar-refractivity contribution in [2.24, 2.45) is 0 Å². The third kappa shape index (κ3) is 8.91. The van der Waals surface area contributed by atoms with Crippen LogP contribution in [0.5, 0.6) is 0 Å². The Morgan fingerprint density at radius 3 is 2.26 bits per heavy atom. The number of ether oxygens (including phenoxy) is 1. The molecule has 4 aromatic rings. The summed E-state index contributed by atoms with van der Waals surface area (Å²) in [5, 5.41) is 18.5. The highest BCUT2D eigenvalue weighted by molar-refractivity contribution is 5.79.